The smallest absolute Gasteiger partial charge is 0.357 e. The van der Waals surface area contributed by atoms with Gasteiger partial charge in [-0.15, -0.1) is 10.2 Å². The van der Waals surface area contributed by atoms with Crippen molar-refractivity contribution in [1.29, 1.82) is 0 Å². The molecule has 0 saturated heterocycles. The number of rotatable bonds is 9. The minimum atomic E-state index is -1.02. The number of aliphatic hydroxyl groups is 1. The summed E-state index contributed by atoms with van der Waals surface area (Å²) in [5.41, 5.74) is 3.47. The van der Waals surface area contributed by atoms with Crippen molar-refractivity contribution >= 4 is 5.97 Å². The van der Waals surface area contributed by atoms with Gasteiger partial charge in [0.2, 0.25) is 5.82 Å². The Morgan fingerprint density at radius 2 is 1.80 bits per heavy atom. The molecule has 4 rings (SSSR count). The van der Waals surface area contributed by atoms with Gasteiger partial charge in [0.15, 0.2) is 5.69 Å². The van der Waals surface area contributed by atoms with Crippen molar-refractivity contribution in [2.24, 2.45) is 0 Å². The molecule has 35 heavy (non-hydrogen) atoms. The van der Waals surface area contributed by atoms with E-state index in [0.717, 1.165) is 34.6 Å². The van der Waals surface area contributed by atoms with E-state index in [1.807, 2.05) is 53.1 Å². The summed E-state index contributed by atoms with van der Waals surface area (Å²) in [5.74, 6) is 0.827. The minimum Gasteiger partial charge on any atom is -0.461 e. The van der Waals surface area contributed by atoms with Crippen LogP contribution in [0.25, 0.3) is 28.2 Å². The van der Waals surface area contributed by atoms with Crippen molar-refractivity contribution in [3.8, 4) is 28.2 Å². The first-order chi connectivity index (χ1) is 16.8. The number of H-pyrrole nitrogens is 1. The van der Waals surface area contributed by atoms with E-state index in [2.05, 4.69) is 27.5 Å². The predicted molar refractivity (Wildman–Crippen MR) is 132 cm³/mol. The largest absolute Gasteiger partial charge is 0.461 e. The lowest BCUT2D eigenvalue weighted by Gasteiger charge is -2.17. The Balaban J connectivity index is 1.81. The number of nitrogens with zero attached hydrogens (tertiary/aromatic N) is 5. The fraction of sp³-hybridized carbons (Fsp3) is 0.346. The van der Waals surface area contributed by atoms with Crippen molar-refractivity contribution in [1.82, 2.24) is 30.2 Å². The molecule has 182 valence electrons. The molecular formula is C26H30N6O3. The normalized spacial score (nSPS) is 11.6. The molecule has 0 aliphatic rings. The quantitative estimate of drug-likeness (QED) is 0.350. The van der Waals surface area contributed by atoms with Crippen LogP contribution in [0, 0.1) is 0 Å². The average molecular weight is 475 g/mol. The molecule has 0 radical (unpaired) electrons. The van der Waals surface area contributed by atoms with Crippen LogP contribution in [0.4, 0.5) is 0 Å². The average Bonchev–Trinajstić information content (AvgIpc) is 3.47. The van der Waals surface area contributed by atoms with E-state index < -0.39 is 11.6 Å². The first kappa shape index (κ1) is 24.3. The van der Waals surface area contributed by atoms with E-state index in [9.17, 15) is 9.90 Å². The van der Waals surface area contributed by atoms with Crippen LogP contribution >= 0.6 is 0 Å². The van der Waals surface area contributed by atoms with E-state index in [1.165, 1.54) is 0 Å². The first-order valence-electron chi connectivity index (χ1n) is 11.8. The summed E-state index contributed by atoms with van der Waals surface area (Å²) in [7, 11) is 0. The molecular weight excluding hydrogens is 444 g/mol. The molecule has 0 amide bonds. The Labute approximate surface area is 204 Å². The van der Waals surface area contributed by atoms with Gasteiger partial charge in [-0.25, -0.2) is 9.78 Å². The Morgan fingerprint density at radius 3 is 2.40 bits per heavy atom. The summed E-state index contributed by atoms with van der Waals surface area (Å²) in [4.78, 5) is 17.8. The number of carbonyl (C=O) groups excluding carboxylic acids is 1. The number of benzene rings is 2. The van der Waals surface area contributed by atoms with Crippen LogP contribution in [-0.4, -0.2) is 53.5 Å². The van der Waals surface area contributed by atoms with Crippen LogP contribution in [-0.2, 0) is 17.6 Å². The van der Waals surface area contributed by atoms with E-state index in [0.29, 0.717) is 23.6 Å². The second-order valence-electron chi connectivity index (χ2n) is 8.95. The summed E-state index contributed by atoms with van der Waals surface area (Å²) in [6.07, 6.45) is 1.78. The van der Waals surface area contributed by atoms with Gasteiger partial charge in [-0.1, -0.05) is 43.3 Å². The molecule has 9 heteroatoms. The number of hydrogen-bond donors (Lipinski definition) is 2. The molecule has 2 aromatic carbocycles. The lowest BCUT2D eigenvalue weighted by atomic mass is 9.99. The summed E-state index contributed by atoms with van der Waals surface area (Å²) in [5, 5.41) is 24.9. The number of hydrogen-bond acceptors (Lipinski definition) is 7. The Hall–Kier alpha value is -3.85. The second-order valence-corrected chi connectivity index (χ2v) is 8.95. The van der Waals surface area contributed by atoms with Gasteiger partial charge in [0.05, 0.1) is 17.9 Å². The molecule has 0 unspecified atom stereocenters. The van der Waals surface area contributed by atoms with Crippen LogP contribution < -0.4 is 0 Å². The number of esters is 1. The molecule has 0 bridgehead atoms. The second kappa shape index (κ2) is 10.2. The number of aromatic amines is 1. The molecule has 4 aromatic rings. The predicted octanol–water partition coefficient (Wildman–Crippen LogP) is 4.16. The maximum absolute atomic E-state index is 13.0. The monoisotopic (exact) mass is 474 g/mol. The van der Waals surface area contributed by atoms with Crippen LogP contribution in [0.2, 0.25) is 0 Å². The van der Waals surface area contributed by atoms with Crippen molar-refractivity contribution in [2.75, 3.05) is 6.61 Å². The van der Waals surface area contributed by atoms with Crippen LogP contribution in [0.15, 0.2) is 48.5 Å². The lowest BCUT2D eigenvalue weighted by Crippen LogP contribution is -2.24. The first-order valence-corrected chi connectivity index (χ1v) is 11.8. The fourth-order valence-electron chi connectivity index (χ4n) is 4.12. The molecule has 0 aliphatic heterocycles. The molecule has 0 aliphatic carbocycles. The molecule has 0 atom stereocenters. The zero-order chi connectivity index (χ0) is 25.0. The molecule has 0 saturated carbocycles. The molecule has 0 fully saturated rings. The van der Waals surface area contributed by atoms with Gasteiger partial charge in [-0.2, -0.15) is 5.21 Å². The highest BCUT2D eigenvalue weighted by atomic mass is 16.5. The van der Waals surface area contributed by atoms with Gasteiger partial charge in [0.1, 0.15) is 5.82 Å². The zero-order valence-corrected chi connectivity index (χ0v) is 20.4. The summed E-state index contributed by atoms with van der Waals surface area (Å²) in [6, 6.07) is 15.8. The third-order valence-corrected chi connectivity index (χ3v) is 5.51. The summed E-state index contributed by atoms with van der Waals surface area (Å²) < 4.78 is 7.24. The molecule has 2 N–H and O–H groups in total. The minimum absolute atomic E-state index is 0.237. The number of aromatic nitrogens is 6. The van der Waals surface area contributed by atoms with Crippen molar-refractivity contribution in [3.05, 3.63) is 65.7 Å². The number of carbonyl (C=O) groups is 1. The number of tetrazole rings is 1. The Kier molecular flexibility index (Phi) is 7.07. The Bertz CT molecular complexity index is 1290. The lowest BCUT2D eigenvalue weighted by molar-refractivity contribution is 0.0510. The van der Waals surface area contributed by atoms with E-state index in [4.69, 9.17) is 9.72 Å². The van der Waals surface area contributed by atoms with Gasteiger partial charge in [0.25, 0.3) is 0 Å². The highest BCUT2D eigenvalue weighted by Crippen LogP contribution is 2.31. The van der Waals surface area contributed by atoms with Gasteiger partial charge in [-0.05, 0) is 55.7 Å². The SMILES string of the molecule is CCCc1nc(CC(C)(C)O)c(C(=O)OCC)n1-c1ccc(-c2ccccc2-c2nn[nH]n2)cc1. The third kappa shape index (κ3) is 5.30. The molecule has 2 heterocycles. The van der Waals surface area contributed by atoms with Crippen LogP contribution in [0.3, 0.4) is 0 Å². The van der Waals surface area contributed by atoms with Crippen molar-refractivity contribution < 1.29 is 14.6 Å². The van der Waals surface area contributed by atoms with Gasteiger partial charge in [0, 0.05) is 24.1 Å². The standard InChI is InChI=1S/C26H30N6O3/c1-5-9-22-27-21(16-26(3,4)34)23(25(33)35-6-2)32(22)18-14-12-17(13-15-18)19-10-7-8-11-20(19)24-28-30-31-29-24/h7-8,10-15,34H,5-6,9,16H2,1-4H3,(H,28,29,30,31). The highest BCUT2D eigenvalue weighted by molar-refractivity contribution is 5.90. The number of ether oxygens (including phenoxy) is 1. The molecule has 0 spiro atoms. The summed E-state index contributed by atoms with van der Waals surface area (Å²) in [6.45, 7) is 7.50. The maximum atomic E-state index is 13.0. The van der Waals surface area contributed by atoms with Crippen LogP contribution in [0.5, 0.6) is 0 Å². The fourth-order valence-corrected chi connectivity index (χ4v) is 4.12. The molecule has 9 nitrogen and oxygen atoms in total. The van der Waals surface area contributed by atoms with Crippen molar-refractivity contribution in [3.63, 3.8) is 0 Å². The highest BCUT2D eigenvalue weighted by Gasteiger charge is 2.28. The summed E-state index contributed by atoms with van der Waals surface area (Å²) >= 11 is 0. The third-order valence-electron chi connectivity index (χ3n) is 5.51. The topological polar surface area (TPSA) is 119 Å². The van der Waals surface area contributed by atoms with Crippen LogP contribution in [0.1, 0.15) is 56.1 Å². The zero-order valence-electron chi connectivity index (χ0n) is 20.4. The van der Waals surface area contributed by atoms with E-state index >= 15 is 0 Å². The van der Waals surface area contributed by atoms with E-state index in [1.54, 1.807) is 20.8 Å². The molecule has 2 aromatic heterocycles. The van der Waals surface area contributed by atoms with Gasteiger partial charge >= 0.3 is 5.97 Å². The Morgan fingerprint density at radius 1 is 1.09 bits per heavy atom. The van der Waals surface area contributed by atoms with Crippen molar-refractivity contribution in [2.45, 2.75) is 52.6 Å². The maximum Gasteiger partial charge on any atom is 0.357 e. The van der Waals surface area contributed by atoms with Gasteiger partial charge in [-0.3, -0.25) is 4.57 Å². The number of imidazole rings is 1. The number of nitrogens with one attached hydrogen (secondary N) is 1. The van der Waals surface area contributed by atoms with Gasteiger partial charge < -0.3 is 9.84 Å². The van der Waals surface area contributed by atoms with E-state index in [-0.39, 0.29) is 13.0 Å². The number of aryl methyl sites for hydroxylation is 1.